The Bertz CT molecular complexity index is 412. The van der Waals surface area contributed by atoms with Crippen molar-refractivity contribution in [3.05, 3.63) is 23.8 Å². The summed E-state index contributed by atoms with van der Waals surface area (Å²) in [6, 6.07) is 0. The SMILES string of the molecule is CC1C(C(=O)O)=CC=CC1(C(=O)O)N(C)C.CCCO. The van der Waals surface area contributed by atoms with Crippen molar-refractivity contribution in [1.29, 1.82) is 0 Å². The van der Waals surface area contributed by atoms with Gasteiger partial charge in [-0.1, -0.05) is 32.1 Å². The molecule has 0 radical (unpaired) electrons. The number of hydrogen-bond acceptors (Lipinski definition) is 4. The minimum Gasteiger partial charge on any atom is -0.480 e. The number of aliphatic hydroxyl groups excluding tert-OH is 1. The third kappa shape index (κ3) is 3.68. The summed E-state index contributed by atoms with van der Waals surface area (Å²) in [5, 5.41) is 26.2. The first kappa shape index (κ1) is 18.3. The number of allylic oxidation sites excluding steroid dienone is 2. The van der Waals surface area contributed by atoms with Gasteiger partial charge >= 0.3 is 11.9 Å². The van der Waals surface area contributed by atoms with E-state index in [2.05, 4.69) is 0 Å². The van der Waals surface area contributed by atoms with Crippen LogP contribution in [0.2, 0.25) is 0 Å². The molecule has 0 saturated carbocycles. The van der Waals surface area contributed by atoms with E-state index >= 15 is 0 Å². The molecule has 2 atom stereocenters. The number of carboxylic acids is 2. The third-order valence-corrected chi connectivity index (χ3v) is 3.31. The fourth-order valence-corrected chi connectivity index (χ4v) is 2.06. The summed E-state index contributed by atoms with van der Waals surface area (Å²) in [4.78, 5) is 23.9. The van der Waals surface area contributed by atoms with Crippen LogP contribution in [0.1, 0.15) is 20.3 Å². The zero-order valence-electron chi connectivity index (χ0n) is 12.3. The molecule has 6 heteroatoms. The fourth-order valence-electron chi connectivity index (χ4n) is 2.06. The van der Waals surface area contributed by atoms with E-state index in [-0.39, 0.29) is 5.57 Å². The molecule has 1 rings (SSSR count). The van der Waals surface area contributed by atoms with Crippen LogP contribution in [-0.4, -0.2) is 58.4 Å². The summed E-state index contributed by atoms with van der Waals surface area (Å²) in [5.41, 5.74) is -1.18. The lowest BCUT2D eigenvalue weighted by atomic mass is 9.76. The smallest absolute Gasteiger partial charge is 0.331 e. The number of aliphatic hydroxyl groups is 1. The first-order valence-electron chi connectivity index (χ1n) is 6.40. The van der Waals surface area contributed by atoms with Crippen LogP contribution in [-0.2, 0) is 9.59 Å². The van der Waals surface area contributed by atoms with Crippen LogP contribution in [0.3, 0.4) is 0 Å². The van der Waals surface area contributed by atoms with E-state index in [1.165, 1.54) is 23.1 Å². The Balaban J connectivity index is 0.000000796. The fraction of sp³-hybridized carbons (Fsp3) is 0.571. The molecule has 114 valence electrons. The summed E-state index contributed by atoms with van der Waals surface area (Å²) in [6.07, 6.45) is 5.32. The Kier molecular flexibility index (Phi) is 7.17. The molecule has 0 aromatic rings. The monoisotopic (exact) mass is 285 g/mol. The second-order valence-electron chi connectivity index (χ2n) is 4.76. The van der Waals surface area contributed by atoms with Crippen LogP contribution in [0.25, 0.3) is 0 Å². The Hall–Kier alpha value is -1.66. The first-order valence-corrected chi connectivity index (χ1v) is 6.40. The summed E-state index contributed by atoms with van der Waals surface area (Å²) in [6.45, 7) is 3.86. The first-order chi connectivity index (χ1) is 9.25. The lowest BCUT2D eigenvalue weighted by molar-refractivity contribution is -0.149. The Morgan fingerprint density at radius 3 is 2.15 bits per heavy atom. The standard InChI is InChI=1S/C11H15NO4.C3H8O/c1-7-8(9(13)14)5-4-6-11(7,10(15)16)12(2)3;1-2-3-4/h4-7H,1-3H3,(H,13,14)(H,15,16);4H,2-3H2,1H3. The van der Waals surface area contributed by atoms with Gasteiger partial charge in [-0.3, -0.25) is 4.90 Å². The quantitative estimate of drug-likeness (QED) is 0.712. The highest BCUT2D eigenvalue weighted by molar-refractivity contribution is 5.92. The van der Waals surface area contributed by atoms with Gasteiger partial charge in [0.05, 0.1) is 0 Å². The van der Waals surface area contributed by atoms with E-state index in [0.717, 1.165) is 6.42 Å². The number of carboxylic acid groups (broad SMARTS) is 2. The average molecular weight is 285 g/mol. The molecule has 2 unspecified atom stereocenters. The Morgan fingerprint density at radius 1 is 1.35 bits per heavy atom. The maximum atomic E-state index is 11.4. The van der Waals surface area contributed by atoms with Gasteiger partial charge in [0, 0.05) is 18.1 Å². The molecule has 6 nitrogen and oxygen atoms in total. The predicted octanol–water partition coefficient (Wildman–Crippen LogP) is 0.977. The van der Waals surface area contributed by atoms with Crippen molar-refractivity contribution in [3.8, 4) is 0 Å². The largest absolute Gasteiger partial charge is 0.480 e. The van der Waals surface area contributed by atoms with Crippen molar-refractivity contribution in [3.63, 3.8) is 0 Å². The van der Waals surface area contributed by atoms with E-state index in [9.17, 15) is 14.7 Å². The predicted molar refractivity (Wildman–Crippen MR) is 75.5 cm³/mol. The minimum atomic E-state index is -1.29. The molecule has 3 N–H and O–H groups in total. The van der Waals surface area contributed by atoms with Gasteiger partial charge < -0.3 is 15.3 Å². The number of aliphatic carboxylic acids is 2. The second kappa shape index (κ2) is 7.81. The van der Waals surface area contributed by atoms with Gasteiger partial charge in [0.25, 0.3) is 0 Å². The molecule has 0 aliphatic heterocycles. The van der Waals surface area contributed by atoms with Crippen LogP contribution < -0.4 is 0 Å². The van der Waals surface area contributed by atoms with Gasteiger partial charge in [-0.25, -0.2) is 9.59 Å². The highest BCUT2D eigenvalue weighted by atomic mass is 16.4. The van der Waals surface area contributed by atoms with Gasteiger partial charge in [-0.2, -0.15) is 0 Å². The maximum Gasteiger partial charge on any atom is 0.331 e. The lowest BCUT2D eigenvalue weighted by Crippen LogP contribution is -2.56. The highest BCUT2D eigenvalue weighted by Crippen LogP contribution is 2.34. The van der Waals surface area contributed by atoms with Crippen molar-refractivity contribution in [2.75, 3.05) is 20.7 Å². The molecule has 0 saturated heterocycles. The van der Waals surface area contributed by atoms with E-state index in [0.29, 0.717) is 6.61 Å². The molecule has 0 aromatic heterocycles. The van der Waals surface area contributed by atoms with Crippen LogP contribution in [0.15, 0.2) is 23.8 Å². The average Bonchev–Trinajstić information content (AvgIpc) is 2.38. The topological polar surface area (TPSA) is 98.1 Å². The molecule has 1 aliphatic rings. The van der Waals surface area contributed by atoms with E-state index < -0.39 is 23.4 Å². The van der Waals surface area contributed by atoms with E-state index in [4.69, 9.17) is 10.2 Å². The normalized spacial score (nSPS) is 24.7. The summed E-state index contributed by atoms with van der Waals surface area (Å²) >= 11 is 0. The molecule has 1 aliphatic carbocycles. The van der Waals surface area contributed by atoms with Gasteiger partial charge in [-0.05, 0) is 20.5 Å². The summed E-state index contributed by atoms with van der Waals surface area (Å²) < 4.78 is 0. The van der Waals surface area contributed by atoms with Crippen molar-refractivity contribution in [2.45, 2.75) is 25.8 Å². The molecular formula is C14H23NO5. The molecule has 20 heavy (non-hydrogen) atoms. The van der Waals surface area contributed by atoms with Crippen LogP contribution in [0.4, 0.5) is 0 Å². The maximum absolute atomic E-state index is 11.4. The number of carbonyl (C=O) groups is 2. The zero-order chi connectivity index (χ0) is 15.9. The zero-order valence-corrected chi connectivity index (χ0v) is 12.3. The van der Waals surface area contributed by atoms with Crippen molar-refractivity contribution >= 4 is 11.9 Å². The summed E-state index contributed by atoms with van der Waals surface area (Å²) in [7, 11) is 3.25. The summed E-state index contributed by atoms with van der Waals surface area (Å²) in [5.74, 6) is -2.74. The molecule has 0 aromatic carbocycles. The van der Waals surface area contributed by atoms with Crippen LogP contribution in [0, 0.1) is 5.92 Å². The van der Waals surface area contributed by atoms with Gasteiger partial charge in [0.1, 0.15) is 5.54 Å². The van der Waals surface area contributed by atoms with Crippen molar-refractivity contribution in [1.82, 2.24) is 4.90 Å². The lowest BCUT2D eigenvalue weighted by Gasteiger charge is -2.40. The van der Waals surface area contributed by atoms with Gasteiger partial charge in [-0.15, -0.1) is 0 Å². The molecule has 0 amide bonds. The van der Waals surface area contributed by atoms with E-state index in [1.54, 1.807) is 21.0 Å². The van der Waals surface area contributed by atoms with E-state index in [1.807, 2.05) is 6.92 Å². The molecular weight excluding hydrogens is 262 g/mol. The Morgan fingerprint density at radius 2 is 1.85 bits per heavy atom. The number of nitrogens with zero attached hydrogens (tertiary/aromatic N) is 1. The van der Waals surface area contributed by atoms with Gasteiger partial charge in [0.2, 0.25) is 0 Å². The molecule has 0 bridgehead atoms. The molecule has 0 spiro atoms. The van der Waals surface area contributed by atoms with Crippen molar-refractivity contribution in [2.24, 2.45) is 5.92 Å². The highest BCUT2D eigenvalue weighted by Gasteiger charge is 2.47. The number of hydrogen-bond donors (Lipinski definition) is 3. The van der Waals surface area contributed by atoms with Gasteiger partial charge in [0.15, 0.2) is 0 Å². The second-order valence-corrected chi connectivity index (χ2v) is 4.76. The van der Waals surface area contributed by atoms with Crippen LogP contribution >= 0.6 is 0 Å². The third-order valence-electron chi connectivity index (χ3n) is 3.31. The molecule has 0 fully saturated rings. The number of rotatable bonds is 4. The number of likely N-dealkylation sites (N-methyl/N-ethyl adjacent to an activating group) is 1. The van der Waals surface area contributed by atoms with Crippen molar-refractivity contribution < 1.29 is 24.9 Å². The molecule has 0 heterocycles. The minimum absolute atomic E-state index is 0.110. The Labute approximate surface area is 119 Å². The van der Waals surface area contributed by atoms with Crippen LogP contribution in [0.5, 0.6) is 0 Å².